The summed E-state index contributed by atoms with van der Waals surface area (Å²) in [6.07, 6.45) is 2.91. The number of nitrogens with one attached hydrogen (secondary N) is 2. The van der Waals surface area contributed by atoms with E-state index in [9.17, 15) is 9.59 Å². The van der Waals surface area contributed by atoms with Crippen LogP contribution in [0.15, 0.2) is 30.3 Å². The lowest BCUT2D eigenvalue weighted by Gasteiger charge is -2.17. The van der Waals surface area contributed by atoms with E-state index in [1.807, 2.05) is 25.1 Å². The number of rotatable bonds is 5. The molecule has 2 amide bonds. The summed E-state index contributed by atoms with van der Waals surface area (Å²) in [5, 5.41) is 5.64. The largest absolute Gasteiger partial charge is 0.352 e. The summed E-state index contributed by atoms with van der Waals surface area (Å²) >= 11 is 0. The first-order valence-corrected chi connectivity index (χ1v) is 6.79. The smallest absolute Gasteiger partial charge is 0.242 e. The van der Waals surface area contributed by atoms with E-state index in [2.05, 4.69) is 22.8 Å². The molecule has 0 aliphatic carbocycles. The second-order valence-corrected chi connectivity index (χ2v) is 5.09. The molecule has 1 aliphatic rings. The normalized spacial score (nSPS) is 19.8. The molecular formula is C15H20N2O2. The van der Waals surface area contributed by atoms with Crippen LogP contribution in [0.5, 0.6) is 0 Å². The molecule has 2 N–H and O–H groups in total. The lowest BCUT2D eigenvalue weighted by Crippen LogP contribution is -2.45. The van der Waals surface area contributed by atoms with E-state index in [0.29, 0.717) is 12.8 Å². The van der Waals surface area contributed by atoms with Crippen LogP contribution < -0.4 is 10.6 Å². The quantitative estimate of drug-likeness (QED) is 0.841. The highest BCUT2D eigenvalue weighted by Gasteiger charge is 2.27. The lowest BCUT2D eigenvalue weighted by atomic mass is 10.1. The Morgan fingerprint density at radius 3 is 2.79 bits per heavy atom. The van der Waals surface area contributed by atoms with Gasteiger partial charge in [0, 0.05) is 12.5 Å². The maximum Gasteiger partial charge on any atom is 0.242 e. The highest BCUT2D eigenvalue weighted by Crippen LogP contribution is 2.08. The van der Waals surface area contributed by atoms with Crippen LogP contribution in [0.1, 0.15) is 31.7 Å². The Hall–Kier alpha value is -1.84. The Morgan fingerprint density at radius 2 is 2.16 bits per heavy atom. The molecule has 1 heterocycles. The molecule has 1 fully saturated rings. The number of hydrogen-bond donors (Lipinski definition) is 2. The minimum absolute atomic E-state index is 0.0305. The van der Waals surface area contributed by atoms with Gasteiger partial charge in [-0.2, -0.15) is 0 Å². The van der Waals surface area contributed by atoms with Gasteiger partial charge in [0.05, 0.1) is 0 Å². The first-order valence-electron chi connectivity index (χ1n) is 6.79. The molecule has 19 heavy (non-hydrogen) atoms. The maximum atomic E-state index is 11.9. The highest BCUT2D eigenvalue weighted by atomic mass is 16.2. The molecule has 0 radical (unpaired) electrons. The van der Waals surface area contributed by atoms with Crippen LogP contribution in [0, 0.1) is 0 Å². The van der Waals surface area contributed by atoms with Gasteiger partial charge in [-0.25, -0.2) is 0 Å². The summed E-state index contributed by atoms with van der Waals surface area (Å²) in [7, 11) is 0. The second kappa shape index (κ2) is 6.36. The molecule has 1 aromatic rings. The minimum atomic E-state index is -0.341. The Kier molecular flexibility index (Phi) is 4.55. The molecular weight excluding hydrogens is 240 g/mol. The molecule has 102 valence electrons. The summed E-state index contributed by atoms with van der Waals surface area (Å²) in [5.41, 5.74) is 1.28. The Morgan fingerprint density at radius 1 is 1.42 bits per heavy atom. The molecule has 1 saturated heterocycles. The van der Waals surface area contributed by atoms with Gasteiger partial charge >= 0.3 is 0 Å². The van der Waals surface area contributed by atoms with Gasteiger partial charge in [-0.3, -0.25) is 9.59 Å². The van der Waals surface area contributed by atoms with Crippen molar-refractivity contribution in [3.63, 3.8) is 0 Å². The van der Waals surface area contributed by atoms with E-state index in [-0.39, 0.29) is 23.9 Å². The number of carbonyl (C=O) groups excluding carboxylic acids is 2. The van der Waals surface area contributed by atoms with Gasteiger partial charge in [-0.05, 0) is 31.7 Å². The van der Waals surface area contributed by atoms with E-state index in [0.717, 1.165) is 12.8 Å². The van der Waals surface area contributed by atoms with E-state index >= 15 is 0 Å². The third-order valence-corrected chi connectivity index (χ3v) is 3.41. The summed E-state index contributed by atoms with van der Waals surface area (Å²) in [5.74, 6) is -0.0940. The summed E-state index contributed by atoms with van der Waals surface area (Å²) in [4.78, 5) is 23.0. The highest BCUT2D eigenvalue weighted by molar-refractivity contribution is 5.90. The summed E-state index contributed by atoms with van der Waals surface area (Å²) in [6.45, 7) is 2.00. The van der Waals surface area contributed by atoms with Crippen LogP contribution >= 0.6 is 0 Å². The van der Waals surface area contributed by atoms with Gasteiger partial charge < -0.3 is 10.6 Å². The van der Waals surface area contributed by atoms with Crippen LogP contribution in [0.3, 0.4) is 0 Å². The molecule has 1 aromatic carbocycles. The fraction of sp³-hybridized carbons (Fsp3) is 0.467. The van der Waals surface area contributed by atoms with Gasteiger partial charge in [0.15, 0.2) is 0 Å². The number of carbonyl (C=O) groups is 2. The molecule has 4 heteroatoms. The second-order valence-electron chi connectivity index (χ2n) is 5.09. The zero-order valence-corrected chi connectivity index (χ0v) is 11.2. The van der Waals surface area contributed by atoms with Gasteiger partial charge in [-0.15, -0.1) is 0 Å². The van der Waals surface area contributed by atoms with Crippen LogP contribution in [0.25, 0.3) is 0 Å². The number of hydrogen-bond acceptors (Lipinski definition) is 2. The van der Waals surface area contributed by atoms with Crippen molar-refractivity contribution in [3.8, 4) is 0 Å². The van der Waals surface area contributed by atoms with E-state index in [1.165, 1.54) is 5.56 Å². The van der Waals surface area contributed by atoms with Crippen molar-refractivity contribution >= 4 is 11.8 Å². The molecule has 0 aromatic heterocycles. The third kappa shape index (κ3) is 4.09. The summed E-state index contributed by atoms with van der Waals surface area (Å²) in [6, 6.07) is 9.99. The third-order valence-electron chi connectivity index (χ3n) is 3.41. The first-order chi connectivity index (χ1) is 9.15. The monoisotopic (exact) mass is 260 g/mol. The molecule has 2 atom stereocenters. The SMILES string of the molecule is C[C@@H](CCc1ccccc1)NC(=O)[C@@H]1CCC(=O)N1. The lowest BCUT2D eigenvalue weighted by molar-refractivity contribution is -0.126. The fourth-order valence-corrected chi connectivity index (χ4v) is 2.25. The maximum absolute atomic E-state index is 11.9. The average Bonchev–Trinajstić information content (AvgIpc) is 2.84. The number of aryl methyl sites for hydroxylation is 1. The standard InChI is InChI=1S/C15H20N2O2/c1-11(7-8-12-5-3-2-4-6-12)16-15(19)13-9-10-14(18)17-13/h2-6,11,13H,7-10H2,1H3,(H,16,19)(H,17,18)/t11-,13-/m0/s1. The summed E-state index contributed by atoms with van der Waals surface area (Å²) < 4.78 is 0. The van der Waals surface area contributed by atoms with E-state index in [1.54, 1.807) is 0 Å². The fourth-order valence-electron chi connectivity index (χ4n) is 2.25. The van der Waals surface area contributed by atoms with Crippen molar-refractivity contribution in [2.24, 2.45) is 0 Å². The Bertz CT molecular complexity index is 445. The molecule has 0 bridgehead atoms. The number of benzene rings is 1. The van der Waals surface area contributed by atoms with Crippen molar-refractivity contribution < 1.29 is 9.59 Å². The first kappa shape index (κ1) is 13.6. The van der Waals surface area contributed by atoms with Crippen molar-refractivity contribution in [2.45, 2.75) is 44.7 Å². The van der Waals surface area contributed by atoms with Gasteiger partial charge in [-0.1, -0.05) is 30.3 Å². The average molecular weight is 260 g/mol. The Labute approximate surface area is 113 Å². The van der Waals surface area contributed by atoms with E-state index in [4.69, 9.17) is 0 Å². The molecule has 1 aliphatic heterocycles. The van der Waals surface area contributed by atoms with Crippen molar-refractivity contribution in [3.05, 3.63) is 35.9 Å². The van der Waals surface area contributed by atoms with Crippen molar-refractivity contribution in [1.82, 2.24) is 10.6 Å². The zero-order chi connectivity index (χ0) is 13.7. The van der Waals surface area contributed by atoms with Crippen molar-refractivity contribution in [2.75, 3.05) is 0 Å². The predicted molar refractivity (Wildman–Crippen MR) is 73.5 cm³/mol. The predicted octanol–water partition coefficient (Wildman–Crippen LogP) is 1.40. The van der Waals surface area contributed by atoms with Crippen LogP contribution in [0.4, 0.5) is 0 Å². The molecule has 4 nitrogen and oxygen atoms in total. The van der Waals surface area contributed by atoms with Crippen LogP contribution in [-0.2, 0) is 16.0 Å². The topological polar surface area (TPSA) is 58.2 Å². The van der Waals surface area contributed by atoms with Crippen LogP contribution in [-0.4, -0.2) is 23.9 Å². The molecule has 2 rings (SSSR count). The van der Waals surface area contributed by atoms with Gasteiger partial charge in [0.25, 0.3) is 0 Å². The van der Waals surface area contributed by atoms with E-state index < -0.39 is 0 Å². The van der Waals surface area contributed by atoms with Gasteiger partial charge in [0.2, 0.25) is 11.8 Å². The minimum Gasteiger partial charge on any atom is -0.352 e. The van der Waals surface area contributed by atoms with Crippen molar-refractivity contribution in [1.29, 1.82) is 0 Å². The molecule has 0 unspecified atom stereocenters. The van der Waals surface area contributed by atoms with Gasteiger partial charge in [0.1, 0.15) is 6.04 Å². The zero-order valence-electron chi connectivity index (χ0n) is 11.2. The molecule has 0 spiro atoms. The van der Waals surface area contributed by atoms with Crippen LogP contribution in [0.2, 0.25) is 0 Å². The number of amides is 2. The molecule has 0 saturated carbocycles. The Balaban J connectivity index is 1.73.